The fourth-order valence-electron chi connectivity index (χ4n) is 1.48. The molecule has 0 atom stereocenters. The zero-order chi connectivity index (χ0) is 13.1. The van der Waals surface area contributed by atoms with Crippen LogP contribution in [0.15, 0.2) is 30.5 Å². The van der Waals surface area contributed by atoms with Crippen molar-refractivity contribution in [2.24, 2.45) is 0 Å². The van der Waals surface area contributed by atoms with Crippen LogP contribution in [0.5, 0.6) is 0 Å². The Labute approximate surface area is 101 Å². The van der Waals surface area contributed by atoms with Crippen LogP contribution in [0.4, 0.5) is 5.69 Å². The molecule has 0 fully saturated rings. The molecule has 0 spiro atoms. The number of nitro groups is 1. The van der Waals surface area contributed by atoms with Crippen LogP contribution in [0.1, 0.15) is 0 Å². The summed E-state index contributed by atoms with van der Waals surface area (Å²) < 4.78 is 1.21. The molecule has 0 bridgehead atoms. The second-order valence-corrected chi connectivity index (χ2v) is 3.47. The standard InChI is InChI=1S/C10H8N4O4/c15-10(16)6-13-9(5-11-12-13)7-1-3-8(4-2-7)14(17)18/h1-5H,6H2,(H,15,16). The van der Waals surface area contributed by atoms with Gasteiger partial charge in [-0.15, -0.1) is 5.10 Å². The van der Waals surface area contributed by atoms with Crippen molar-refractivity contribution in [1.82, 2.24) is 15.0 Å². The number of nitrogens with zero attached hydrogens (tertiary/aromatic N) is 4. The Morgan fingerprint density at radius 2 is 2.06 bits per heavy atom. The predicted octanol–water partition coefficient (Wildman–Crippen LogP) is 0.938. The van der Waals surface area contributed by atoms with E-state index in [9.17, 15) is 14.9 Å². The maximum Gasteiger partial charge on any atom is 0.325 e. The molecule has 0 amide bonds. The number of benzene rings is 1. The molecule has 0 radical (unpaired) electrons. The minimum Gasteiger partial charge on any atom is -0.480 e. The number of rotatable bonds is 4. The highest BCUT2D eigenvalue weighted by Crippen LogP contribution is 2.21. The minimum absolute atomic E-state index is 0.0315. The van der Waals surface area contributed by atoms with Gasteiger partial charge >= 0.3 is 5.97 Å². The molecule has 92 valence electrons. The lowest BCUT2D eigenvalue weighted by Gasteiger charge is -2.02. The van der Waals surface area contributed by atoms with E-state index in [-0.39, 0.29) is 12.2 Å². The summed E-state index contributed by atoms with van der Waals surface area (Å²) in [6.07, 6.45) is 1.41. The molecule has 0 saturated carbocycles. The zero-order valence-corrected chi connectivity index (χ0v) is 9.05. The largest absolute Gasteiger partial charge is 0.480 e. The molecule has 0 aliphatic carbocycles. The van der Waals surface area contributed by atoms with Crippen molar-refractivity contribution >= 4 is 11.7 Å². The summed E-state index contributed by atoms with van der Waals surface area (Å²) in [5.41, 5.74) is 1.08. The van der Waals surface area contributed by atoms with Gasteiger partial charge in [0.1, 0.15) is 6.54 Å². The molecule has 2 rings (SSSR count). The molecule has 1 N–H and O–H groups in total. The third kappa shape index (κ3) is 2.32. The van der Waals surface area contributed by atoms with Gasteiger partial charge in [-0.1, -0.05) is 5.21 Å². The fraction of sp³-hybridized carbons (Fsp3) is 0.100. The Kier molecular flexibility index (Phi) is 3.00. The number of hydrogen-bond acceptors (Lipinski definition) is 5. The molecule has 8 nitrogen and oxygen atoms in total. The summed E-state index contributed by atoms with van der Waals surface area (Å²) in [6, 6.07) is 5.73. The first-order valence-electron chi connectivity index (χ1n) is 4.93. The number of carboxylic acid groups (broad SMARTS) is 1. The normalized spacial score (nSPS) is 10.2. The maximum absolute atomic E-state index is 10.6. The van der Waals surface area contributed by atoms with Crippen molar-refractivity contribution in [2.75, 3.05) is 0 Å². The van der Waals surface area contributed by atoms with Gasteiger partial charge in [-0.3, -0.25) is 14.9 Å². The molecule has 0 saturated heterocycles. The summed E-state index contributed by atoms with van der Waals surface area (Å²) in [4.78, 5) is 20.6. The summed E-state index contributed by atoms with van der Waals surface area (Å²) >= 11 is 0. The highest BCUT2D eigenvalue weighted by molar-refractivity contribution is 5.68. The van der Waals surface area contributed by atoms with Crippen LogP contribution in [0.3, 0.4) is 0 Å². The maximum atomic E-state index is 10.6. The smallest absolute Gasteiger partial charge is 0.325 e. The van der Waals surface area contributed by atoms with Crippen LogP contribution < -0.4 is 0 Å². The van der Waals surface area contributed by atoms with Crippen molar-refractivity contribution in [3.05, 3.63) is 40.6 Å². The Bertz CT molecular complexity index is 590. The molecule has 1 aromatic heterocycles. The minimum atomic E-state index is -1.04. The average molecular weight is 248 g/mol. The van der Waals surface area contributed by atoms with Gasteiger partial charge in [-0.25, -0.2) is 4.68 Å². The van der Waals surface area contributed by atoms with Crippen molar-refractivity contribution in [3.63, 3.8) is 0 Å². The average Bonchev–Trinajstić information content (AvgIpc) is 2.76. The van der Waals surface area contributed by atoms with E-state index >= 15 is 0 Å². The van der Waals surface area contributed by atoms with Crippen molar-refractivity contribution in [3.8, 4) is 11.3 Å². The van der Waals surface area contributed by atoms with Crippen molar-refractivity contribution < 1.29 is 14.8 Å². The van der Waals surface area contributed by atoms with Crippen LogP contribution in [-0.4, -0.2) is 31.0 Å². The fourth-order valence-corrected chi connectivity index (χ4v) is 1.48. The van der Waals surface area contributed by atoms with E-state index in [0.29, 0.717) is 11.3 Å². The summed E-state index contributed by atoms with van der Waals surface area (Å²) in [5, 5.41) is 26.5. The lowest BCUT2D eigenvalue weighted by molar-refractivity contribution is -0.384. The zero-order valence-electron chi connectivity index (χ0n) is 9.05. The molecule has 1 heterocycles. The monoisotopic (exact) mass is 248 g/mol. The lowest BCUT2D eigenvalue weighted by Crippen LogP contribution is -2.11. The summed E-state index contributed by atoms with van der Waals surface area (Å²) in [6.45, 7) is -0.313. The van der Waals surface area contributed by atoms with Gasteiger partial charge in [-0.05, 0) is 12.1 Å². The SMILES string of the molecule is O=C(O)Cn1nncc1-c1ccc([N+](=O)[O-])cc1. The molecule has 18 heavy (non-hydrogen) atoms. The van der Waals surface area contributed by atoms with E-state index in [0.717, 1.165) is 0 Å². The number of aliphatic carboxylic acids is 1. The highest BCUT2D eigenvalue weighted by Gasteiger charge is 2.11. The quantitative estimate of drug-likeness (QED) is 0.636. The third-order valence-corrected chi connectivity index (χ3v) is 2.28. The van der Waals surface area contributed by atoms with Gasteiger partial charge in [0.15, 0.2) is 0 Å². The summed E-state index contributed by atoms with van der Waals surface area (Å²) in [5.74, 6) is -1.04. The van der Waals surface area contributed by atoms with Crippen LogP contribution in [0, 0.1) is 10.1 Å². The number of aromatic nitrogens is 3. The first-order chi connectivity index (χ1) is 8.58. The van der Waals surface area contributed by atoms with E-state index in [1.165, 1.54) is 35.1 Å². The van der Waals surface area contributed by atoms with E-state index in [1.54, 1.807) is 0 Å². The van der Waals surface area contributed by atoms with Gasteiger partial charge < -0.3 is 5.11 Å². The molecule has 8 heteroatoms. The summed E-state index contributed by atoms with van der Waals surface area (Å²) in [7, 11) is 0. The molecule has 0 aliphatic rings. The molecule has 0 aliphatic heterocycles. The number of hydrogen-bond donors (Lipinski definition) is 1. The van der Waals surface area contributed by atoms with E-state index in [2.05, 4.69) is 10.3 Å². The molecular weight excluding hydrogens is 240 g/mol. The van der Waals surface area contributed by atoms with Crippen molar-refractivity contribution in [2.45, 2.75) is 6.54 Å². The number of carboxylic acids is 1. The number of non-ortho nitro benzene ring substituents is 1. The van der Waals surface area contributed by atoms with E-state index in [1.807, 2.05) is 0 Å². The van der Waals surface area contributed by atoms with Gasteiger partial charge in [0.2, 0.25) is 0 Å². The topological polar surface area (TPSA) is 111 Å². The third-order valence-electron chi connectivity index (χ3n) is 2.28. The van der Waals surface area contributed by atoms with Gasteiger partial charge in [0.05, 0.1) is 16.8 Å². The number of carbonyl (C=O) groups is 1. The van der Waals surface area contributed by atoms with Gasteiger partial charge in [-0.2, -0.15) is 0 Å². The molecule has 1 aromatic carbocycles. The van der Waals surface area contributed by atoms with Gasteiger partial charge in [0.25, 0.3) is 5.69 Å². The van der Waals surface area contributed by atoms with Crippen molar-refractivity contribution in [1.29, 1.82) is 0 Å². The van der Waals surface area contributed by atoms with Crippen LogP contribution in [0.2, 0.25) is 0 Å². The van der Waals surface area contributed by atoms with E-state index < -0.39 is 10.9 Å². The Hall–Kier alpha value is -2.77. The Balaban J connectivity index is 2.34. The van der Waals surface area contributed by atoms with Crippen LogP contribution in [0.25, 0.3) is 11.3 Å². The molecular formula is C10H8N4O4. The van der Waals surface area contributed by atoms with Gasteiger partial charge in [0, 0.05) is 17.7 Å². The molecule has 0 unspecified atom stereocenters. The second kappa shape index (κ2) is 4.62. The Morgan fingerprint density at radius 3 is 2.61 bits per heavy atom. The first-order valence-corrected chi connectivity index (χ1v) is 4.93. The van der Waals surface area contributed by atoms with Crippen LogP contribution in [-0.2, 0) is 11.3 Å². The van der Waals surface area contributed by atoms with Crippen LogP contribution >= 0.6 is 0 Å². The predicted molar refractivity (Wildman–Crippen MR) is 59.7 cm³/mol. The second-order valence-electron chi connectivity index (χ2n) is 3.47. The highest BCUT2D eigenvalue weighted by atomic mass is 16.6. The van der Waals surface area contributed by atoms with E-state index in [4.69, 9.17) is 5.11 Å². The molecule has 2 aromatic rings. The Morgan fingerprint density at radius 1 is 1.39 bits per heavy atom. The lowest BCUT2D eigenvalue weighted by atomic mass is 10.1. The first kappa shape index (κ1) is 11.7. The number of nitro benzene ring substituents is 1.